The zero-order valence-corrected chi connectivity index (χ0v) is 13.2. The van der Waals surface area contributed by atoms with E-state index in [1.54, 1.807) is 11.0 Å². The highest BCUT2D eigenvalue weighted by Gasteiger charge is 2.36. The summed E-state index contributed by atoms with van der Waals surface area (Å²) in [4.78, 5) is 12.2. The van der Waals surface area contributed by atoms with Gasteiger partial charge in [-0.25, -0.2) is 4.68 Å². The molecule has 6 nitrogen and oxygen atoms in total. The van der Waals surface area contributed by atoms with Crippen molar-refractivity contribution in [1.82, 2.24) is 20.2 Å². The molecule has 1 aliphatic carbocycles. The quantitative estimate of drug-likeness (QED) is 0.942. The molecule has 116 valence electrons. The van der Waals surface area contributed by atoms with Crippen LogP contribution in [0, 0.1) is 18.3 Å². The molecule has 22 heavy (non-hydrogen) atoms. The number of hydrogen-bond donors (Lipinski definition) is 1. The molecule has 0 spiro atoms. The zero-order chi connectivity index (χ0) is 15.7. The molecule has 0 radical (unpaired) electrons. The number of nitrogens with zero attached hydrogens (tertiary/aromatic N) is 4. The fourth-order valence-electron chi connectivity index (χ4n) is 3.33. The summed E-state index contributed by atoms with van der Waals surface area (Å²) in [6.45, 7) is 6.48. The molecule has 1 aromatic heterocycles. The monoisotopic (exact) mass is 299 g/mol. The lowest BCUT2D eigenvalue weighted by Gasteiger charge is -2.42. The van der Waals surface area contributed by atoms with Gasteiger partial charge in [0.1, 0.15) is 6.33 Å². The molecule has 1 aromatic carbocycles. The fraction of sp³-hybridized carbons (Fsp3) is 0.500. The van der Waals surface area contributed by atoms with Gasteiger partial charge in [0.15, 0.2) is 0 Å². The smallest absolute Gasteiger partial charge is 0.224 e. The van der Waals surface area contributed by atoms with Crippen LogP contribution in [0.25, 0.3) is 5.69 Å². The maximum atomic E-state index is 12.2. The van der Waals surface area contributed by atoms with Crippen molar-refractivity contribution in [1.29, 1.82) is 0 Å². The number of aryl methyl sites for hydroxylation is 1. The Morgan fingerprint density at radius 1 is 1.41 bits per heavy atom. The number of anilines is 1. The van der Waals surface area contributed by atoms with Gasteiger partial charge in [0, 0.05) is 12.1 Å². The van der Waals surface area contributed by atoms with Gasteiger partial charge in [0.05, 0.1) is 5.69 Å². The molecule has 1 aliphatic rings. The van der Waals surface area contributed by atoms with Gasteiger partial charge in [-0.05, 0) is 59.2 Å². The van der Waals surface area contributed by atoms with Crippen LogP contribution in [-0.2, 0) is 4.79 Å². The summed E-state index contributed by atoms with van der Waals surface area (Å²) in [7, 11) is 0. The van der Waals surface area contributed by atoms with Crippen LogP contribution in [0.15, 0.2) is 24.5 Å². The van der Waals surface area contributed by atoms with E-state index in [1.807, 2.05) is 25.1 Å². The summed E-state index contributed by atoms with van der Waals surface area (Å²) in [5.74, 6) is 0.589. The minimum absolute atomic E-state index is 0.0759. The van der Waals surface area contributed by atoms with Crippen molar-refractivity contribution in [3.8, 4) is 5.69 Å². The van der Waals surface area contributed by atoms with Gasteiger partial charge in [0.25, 0.3) is 0 Å². The zero-order valence-electron chi connectivity index (χ0n) is 13.2. The fourth-order valence-corrected chi connectivity index (χ4v) is 3.33. The van der Waals surface area contributed by atoms with E-state index in [-0.39, 0.29) is 5.91 Å². The molecular formula is C16H21N5O. The molecule has 1 fully saturated rings. The summed E-state index contributed by atoms with van der Waals surface area (Å²) in [5.41, 5.74) is 3.10. The standard InChI is InChI=1S/C16H21N5O/c1-11-4-5-13(7-14(11)21-10-17-19-20-21)18-15(22)6-12-8-16(2,3)9-12/h4-5,7,10,12H,6,8-9H2,1-3H3,(H,18,22). The van der Waals surface area contributed by atoms with Crippen LogP contribution in [-0.4, -0.2) is 26.1 Å². The van der Waals surface area contributed by atoms with Gasteiger partial charge in [-0.15, -0.1) is 5.10 Å². The lowest BCUT2D eigenvalue weighted by molar-refractivity contribution is -0.118. The summed E-state index contributed by atoms with van der Waals surface area (Å²) >= 11 is 0. The van der Waals surface area contributed by atoms with Gasteiger partial charge >= 0.3 is 0 Å². The highest BCUT2D eigenvalue weighted by molar-refractivity contribution is 5.91. The van der Waals surface area contributed by atoms with Gasteiger partial charge in [0.2, 0.25) is 5.91 Å². The van der Waals surface area contributed by atoms with Crippen molar-refractivity contribution < 1.29 is 4.79 Å². The van der Waals surface area contributed by atoms with Crippen molar-refractivity contribution in [3.05, 3.63) is 30.1 Å². The Kier molecular flexibility index (Phi) is 3.68. The molecule has 0 saturated heterocycles. The molecule has 6 heteroatoms. The average Bonchev–Trinajstić information content (AvgIpc) is 2.92. The summed E-state index contributed by atoms with van der Waals surface area (Å²) in [6, 6.07) is 5.76. The third-order valence-electron chi connectivity index (χ3n) is 4.25. The Morgan fingerprint density at radius 2 is 2.18 bits per heavy atom. The van der Waals surface area contributed by atoms with Crippen LogP contribution in [0.3, 0.4) is 0 Å². The first-order valence-electron chi connectivity index (χ1n) is 7.57. The number of hydrogen-bond acceptors (Lipinski definition) is 4. The number of carbonyl (C=O) groups is 1. The molecule has 0 aliphatic heterocycles. The number of aromatic nitrogens is 4. The normalized spacial score (nSPS) is 17.0. The largest absolute Gasteiger partial charge is 0.326 e. The number of amides is 1. The third-order valence-corrected chi connectivity index (χ3v) is 4.25. The van der Waals surface area contributed by atoms with E-state index in [1.165, 1.54) is 0 Å². The second-order valence-electron chi connectivity index (χ2n) is 6.95. The van der Waals surface area contributed by atoms with E-state index in [4.69, 9.17) is 0 Å². The van der Waals surface area contributed by atoms with E-state index < -0.39 is 0 Å². The molecule has 0 bridgehead atoms. The van der Waals surface area contributed by atoms with Gasteiger partial charge < -0.3 is 5.32 Å². The second-order valence-corrected chi connectivity index (χ2v) is 6.95. The minimum Gasteiger partial charge on any atom is -0.326 e. The Morgan fingerprint density at radius 3 is 2.82 bits per heavy atom. The van der Waals surface area contributed by atoms with E-state index in [0.717, 1.165) is 29.8 Å². The maximum absolute atomic E-state index is 12.2. The Labute approximate surface area is 129 Å². The molecule has 3 rings (SSSR count). The number of benzene rings is 1. The Hall–Kier alpha value is -2.24. The molecule has 2 aromatic rings. The number of rotatable bonds is 4. The van der Waals surface area contributed by atoms with Crippen LogP contribution in [0.4, 0.5) is 5.69 Å². The molecule has 1 heterocycles. The number of carbonyl (C=O) groups excluding carboxylic acids is 1. The van der Waals surface area contributed by atoms with E-state index >= 15 is 0 Å². The van der Waals surface area contributed by atoms with E-state index in [0.29, 0.717) is 17.8 Å². The first-order chi connectivity index (χ1) is 10.4. The lowest BCUT2D eigenvalue weighted by Crippen LogP contribution is -2.34. The molecular weight excluding hydrogens is 278 g/mol. The highest BCUT2D eigenvalue weighted by Crippen LogP contribution is 2.46. The highest BCUT2D eigenvalue weighted by atomic mass is 16.1. The maximum Gasteiger partial charge on any atom is 0.224 e. The summed E-state index contributed by atoms with van der Waals surface area (Å²) in [5, 5.41) is 14.2. The first-order valence-corrected chi connectivity index (χ1v) is 7.57. The molecule has 0 atom stereocenters. The van der Waals surface area contributed by atoms with Crippen LogP contribution in [0.2, 0.25) is 0 Å². The SMILES string of the molecule is Cc1ccc(NC(=O)CC2CC(C)(C)C2)cc1-n1cnnn1. The predicted octanol–water partition coefficient (Wildman–Crippen LogP) is 2.74. The van der Waals surface area contributed by atoms with Crippen LogP contribution >= 0.6 is 0 Å². The minimum atomic E-state index is 0.0759. The van der Waals surface area contributed by atoms with Crippen LogP contribution < -0.4 is 5.32 Å². The Balaban J connectivity index is 1.66. The van der Waals surface area contributed by atoms with Gasteiger partial charge in [-0.3, -0.25) is 4.79 Å². The molecule has 0 unspecified atom stereocenters. The van der Waals surface area contributed by atoms with E-state index in [2.05, 4.69) is 34.7 Å². The second kappa shape index (κ2) is 5.51. The van der Waals surface area contributed by atoms with Crippen molar-refractivity contribution >= 4 is 11.6 Å². The van der Waals surface area contributed by atoms with Crippen molar-refractivity contribution in [2.24, 2.45) is 11.3 Å². The van der Waals surface area contributed by atoms with Gasteiger partial charge in [-0.1, -0.05) is 19.9 Å². The molecule has 1 saturated carbocycles. The van der Waals surface area contributed by atoms with Crippen molar-refractivity contribution in [2.45, 2.75) is 40.0 Å². The third kappa shape index (κ3) is 3.16. The first kappa shape index (κ1) is 14.7. The predicted molar refractivity (Wildman–Crippen MR) is 83.6 cm³/mol. The molecule has 1 amide bonds. The van der Waals surface area contributed by atoms with Gasteiger partial charge in [-0.2, -0.15) is 0 Å². The summed E-state index contributed by atoms with van der Waals surface area (Å²) < 4.78 is 1.60. The van der Waals surface area contributed by atoms with Crippen molar-refractivity contribution in [3.63, 3.8) is 0 Å². The van der Waals surface area contributed by atoms with Crippen molar-refractivity contribution in [2.75, 3.05) is 5.32 Å². The Bertz CT molecular complexity index is 670. The summed E-state index contributed by atoms with van der Waals surface area (Å²) in [6.07, 6.45) is 4.40. The number of tetrazole rings is 1. The van der Waals surface area contributed by atoms with Crippen LogP contribution in [0.5, 0.6) is 0 Å². The van der Waals surface area contributed by atoms with Crippen LogP contribution in [0.1, 0.15) is 38.7 Å². The van der Waals surface area contributed by atoms with E-state index in [9.17, 15) is 4.79 Å². The molecule has 1 N–H and O–H groups in total. The number of nitrogens with one attached hydrogen (secondary N) is 1. The lowest BCUT2D eigenvalue weighted by atomic mass is 9.63. The average molecular weight is 299 g/mol. The topological polar surface area (TPSA) is 72.7 Å².